The van der Waals surface area contributed by atoms with Gasteiger partial charge in [0.05, 0.1) is 11.6 Å². The molecule has 1 nitrogen and oxygen atoms in total. The lowest BCUT2D eigenvalue weighted by Crippen LogP contribution is -1.92. The number of hydrogen-bond donors (Lipinski definition) is 0. The van der Waals surface area contributed by atoms with Crippen LogP contribution in [0, 0.1) is 18.3 Å². The highest BCUT2D eigenvalue weighted by molar-refractivity contribution is 5.71. The Kier molecular flexibility index (Phi) is 4.31. The van der Waals surface area contributed by atoms with E-state index in [1.807, 2.05) is 12.1 Å². The lowest BCUT2D eigenvalue weighted by molar-refractivity contribution is 1.07. The minimum atomic E-state index is 0.742. The second-order valence-corrected chi connectivity index (χ2v) is 4.11. The van der Waals surface area contributed by atoms with Crippen molar-refractivity contribution in [3.05, 3.63) is 40.5 Å². The Balaban J connectivity index is 3.29. The summed E-state index contributed by atoms with van der Waals surface area (Å²) < 4.78 is 0. The normalized spacial score (nSPS) is 11.9. The van der Waals surface area contributed by atoms with Crippen molar-refractivity contribution in [1.82, 2.24) is 0 Å². The molecule has 1 aromatic rings. The standard InChI is InChI=1S/C15H19N/c1-5-11(3)14(6-2)15-8-7-13(10-16)9-12(15)4/h7-9H,5-6H2,1-4H3/b14-11+. The van der Waals surface area contributed by atoms with E-state index in [-0.39, 0.29) is 0 Å². The molecule has 0 atom stereocenters. The summed E-state index contributed by atoms with van der Waals surface area (Å²) in [6.07, 6.45) is 2.13. The molecule has 0 saturated heterocycles. The van der Waals surface area contributed by atoms with Crippen LogP contribution >= 0.6 is 0 Å². The van der Waals surface area contributed by atoms with Crippen LogP contribution in [-0.4, -0.2) is 0 Å². The molecular formula is C15H19N. The van der Waals surface area contributed by atoms with Gasteiger partial charge in [-0.25, -0.2) is 0 Å². The molecule has 1 aromatic carbocycles. The number of hydrogen-bond acceptors (Lipinski definition) is 1. The molecule has 1 heteroatoms. The third kappa shape index (κ3) is 2.52. The van der Waals surface area contributed by atoms with Crippen LogP contribution in [-0.2, 0) is 0 Å². The summed E-state index contributed by atoms with van der Waals surface area (Å²) in [6, 6.07) is 8.12. The van der Waals surface area contributed by atoms with E-state index < -0.39 is 0 Å². The van der Waals surface area contributed by atoms with Gasteiger partial charge in [0.25, 0.3) is 0 Å². The van der Waals surface area contributed by atoms with Crippen LogP contribution in [0.5, 0.6) is 0 Å². The maximum Gasteiger partial charge on any atom is 0.0991 e. The molecule has 0 aliphatic carbocycles. The van der Waals surface area contributed by atoms with Crippen molar-refractivity contribution < 1.29 is 0 Å². The van der Waals surface area contributed by atoms with E-state index in [1.165, 1.54) is 22.3 Å². The summed E-state index contributed by atoms with van der Waals surface area (Å²) in [5.74, 6) is 0. The summed E-state index contributed by atoms with van der Waals surface area (Å²) in [5.41, 5.74) is 6.09. The van der Waals surface area contributed by atoms with Crippen molar-refractivity contribution in [3.8, 4) is 6.07 Å². The van der Waals surface area contributed by atoms with Gasteiger partial charge in [0.1, 0.15) is 0 Å². The van der Waals surface area contributed by atoms with Gasteiger partial charge in [0, 0.05) is 0 Å². The molecule has 0 amide bonds. The Morgan fingerprint density at radius 2 is 1.94 bits per heavy atom. The zero-order chi connectivity index (χ0) is 12.1. The molecule has 0 fully saturated rings. The molecule has 0 radical (unpaired) electrons. The van der Waals surface area contributed by atoms with Gasteiger partial charge in [-0.15, -0.1) is 0 Å². The van der Waals surface area contributed by atoms with Gasteiger partial charge in [-0.2, -0.15) is 5.26 Å². The quantitative estimate of drug-likeness (QED) is 0.727. The molecule has 0 N–H and O–H groups in total. The molecule has 0 heterocycles. The zero-order valence-electron chi connectivity index (χ0n) is 10.6. The van der Waals surface area contributed by atoms with Gasteiger partial charge in [-0.1, -0.05) is 25.5 Å². The topological polar surface area (TPSA) is 23.8 Å². The summed E-state index contributed by atoms with van der Waals surface area (Å²) >= 11 is 0. The summed E-state index contributed by atoms with van der Waals surface area (Å²) in [5, 5.41) is 8.84. The molecule has 0 unspecified atom stereocenters. The molecule has 0 spiro atoms. The van der Waals surface area contributed by atoms with Gasteiger partial charge in [-0.3, -0.25) is 0 Å². The smallest absolute Gasteiger partial charge is 0.0991 e. The first-order valence-electron chi connectivity index (χ1n) is 5.83. The van der Waals surface area contributed by atoms with Crippen molar-refractivity contribution in [2.24, 2.45) is 0 Å². The second kappa shape index (κ2) is 5.51. The summed E-state index contributed by atoms with van der Waals surface area (Å²) in [7, 11) is 0. The monoisotopic (exact) mass is 213 g/mol. The van der Waals surface area contributed by atoms with Crippen LogP contribution in [0.15, 0.2) is 23.8 Å². The van der Waals surface area contributed by atoms with E-state index in [0.717, 1.165) is 18.4 Å². The number of nitriles is 1. The third-order valence-corrected chi connectivity index (χ3v) is 3.08. The van der Waals surface area contributed by atoms with Crippen LogP contribution in [0.1, 0.15) is 50.3 Å². The second-order valence-electron chi connectivity index (χ2n) is 4.11. The first kappa shape index (κ1) is 12.5. The Morgan fingerprint density at radius 3 is 2.38 bits per heavy atom. The van der Waals surface area contributed by atoms with Gasteiger partial charge in [-0.05, 0) is 55.5 Å². The minimum absolute atomic E-state index is 0.742. The highest BCUT2D eigenvalue weighted by Gasteiger charge is 2.06. The molecule has 84 valence electrons. The molecule has 16 heavy (non-hydrogen) atoms. The maximum atomic E-state index is 8.84. The van der Waals surface area contributed by atoms with E-state index in [4.69, 9.17) is 5.26 Å². The molecule has 0 saturated carbocycles. The van der Waals surface area contributed by atoms with Crippen molar-refractivity contribution in [1.29, 1.82) is 5.26 Å². The average Bonchev–Trinajstić information content (AvgIpc) is 2.31. The molecular weight excluding hydrogens is 194 g/mol. The van der Waals surface area contributed by atoms with Crippen molar-refractivity contribution >= 4 is 5.57 Å². The molecule has 0 aliphatic heterocycles. The molecule has 0 aliphatic rings. The van der Waals surface area contributed by atoms with E-state index in [2.05, 4.69) is 39.8 Å². The van der Waals surface area contributed by atoms with Crippen molar-refractivity contribution in [3.63, 3.8) is 0 Å². The Hall–Kier alpha value is -1.55. The molecule has 0 bridgehead atoms. The predicted molar refractivity (Wildman–Crippen MR) is 69.1 cm³/mol. The van der Waals surface area contributed by atoms with Crippen LogP contribution < -0.4 is 0 Å². The van der Waals surface area contributed by atoms with Gasteiger partial charge in [0.2, 0.25) is 0 Å². The van der Waals surface area contributed by atoms with Crippen LogP contribution in [0.4, 0.5) is 0 Å². The highest BCUT2D eigenvalue weighted by atomic mass is 14.2. The van der Waals surface area contributed by atoms with Gasteiger partial charge < -0.3 is 0 Å². The highest BCUT2D eigenvalue weighted by Crippen LogP contribution is 2.27. The fourth-order valence-electron chi connectivity index (χ4n) is 2.01. The fraction of sp³-hybridized carbons (Fsp3) is 0.400. The first-order valence-corrected chi connectivity index (χ1v) is 5.83. The first-order chi connectivity index (χ1) is 7.63. The Morgan fingerprint density at radius 1 is 1.25 bits per heavy atom. The van der Waals surface area contributed by atoms with Gasteiger partial charge >= 0.3 is 0 Å². The van der Waals surface area contributed by atoms with E-state index in [0.29, 0.717) is 0 Å². The number of aryl methyl sites for hydroxylation is 1. The number of allylic oxidation sites excluding steroid dienone is 2. The fourth-order valence-corrected chi connectivity index (χ4v) is 2.01. The number of benzene rings is 1. The number of rotatable bonds is 3. The summed E-state index contributed by atoms with van der Waals surface area (Å²) in [4.78, 5) is 0. The largest absolute Gasteiger partial charge is 0.192 e. The van der Waals surface area contributed by atoms with Crippen molar-refractivity contribution in [2.45, 2.75) is 40.5 Å². The van der Waals surface area contributed by atoms with Crippen LogP contribution in [0.2, 0.25) is 0 Å². The zero-order valence-corrected chi connectivity index (χ0v) is 10.6. The SMILES string of the molecule is CC/C(C)=C(\CC)c1ccc(C#N)cc1C. The average molecular weight is 213 g/mol. The van der Waals surface area contributed by atoms with E-state index >= 15 is 0 Å². The Bertz CT molecular complexity index is 447. The molecule has 0 aromatic heterocycles. The van der Waals surface area contributed by atoms with Gasteiger partial charge in [0.15, 0.2) is 0 Å². The van der Waals surface area contributed by atoms with Crippen molar-refractivity contribution in [2.75, 3.05) is 0 Å². The lowest BCUT2D eigenvalue weighted by atomic mass is 9.92. The van der Waals surface area contributed by atoms with Crippen LogP contribution in [0.3, 0.4) is 0 Å². The van der Waals surface area contributed by atoms with E-state index in [1.54, 1.807) is 0 Å². The third-order valence-electron chi connectivity index (χ3n) is 3.08. The lowest BCUT2D eigenvalue weighted by Gasteiger charge is -2.12. The predicted octanol–water partition coefficient (Wildman–Crippen LogP) is 4.46. The number of nitrogens with zero attached hydrogens (tertiary/aromatic N) is 1. The van der Waals surface area contributed by atoms with Crippen LogP contribution in [0.25, 0.3) is 5.57 Å². The maximum absolute atomic E-state index is 8.84. The van der Waals surface area contributed by atoms with E-state index in [9.17, 15) is 0 Å². The molecule has 1 rings (SSSR count). The minimum Gasteiger partial charge on any atom is -0.192 e. The Labute approximate surface area is 98.4 Å². The summed E-state index contributed by atoms with van der Waals surface area (Å²) in [6.45, 7) is 8.64.